The summed E-state index contributed by atoms with van der Waals surface area (Å²) in [6.45, 7) is 9.42. The van der Waals surface area contributed by atoms with E-state index in [1.165, 1.54) is 4.68 Å². The molecule has 24 heavy (non-hydrogen) atoms. The highest BCUT2D eigenvalue weighted by Crippen LogP contribution is 2.13. The largest absolute Gasteiger partial charge is 0.353 e. The van der Waals surface area contributed by atoms with E-state index in [4.69, 9.17) is 0 Å². The molecule has 6 heteroatoms. The fourth-order valence-electron chi connectivity index (χ4n) is 2.76. The highest BCUT2D eigenvalue weighted by molar-refractivity contribution is 5.84. The first-order chi connectivity index (χ1) is 11.6. The molecule has 1 aromatic heterocycles. The lowest BCUT2D eigenvalue weighted by molar-refractivity contribution is -0.121. The number of carbonyl (C=O) groups is 1. The topological polar surface area (TPSA) is 67.2 Å². The fourth-order valence-corrected chi connectivity index (χ4v) is 2.76. The molecule has 1 aromatic carbocycles. The van der Waals surface area contributed by atoms with Gasteiger partial charge in [0.15, 0.2) is 0 Å². The van der Waals surface area contributed by atoms with Crippen molar-refractivity contribution in [1.82, 2.24) is 20.0 Å². The zero-order valence-electron chi connectivity index (χ0n) is 14.7. The predicted molar refractivity (Wildman–Crippen MR) is 96.2 cm³/mol. The lowest BCUT2D eigenvalue weighted by atomic mass is 10.1. The second-order valence-electron chi connectivity index (χ2n) is 5.69. The van der Waals surface area contributed by atoms with E-state index < -0.39 is 0 Å². The van der Waals surface area contributed by atoms with Crippen LogP contribution in [-0.4, -0.2) is 46.8 Å². The quantitative estimate of drug-likeness (QED) is 0.795. The van der Waals surface area contributed by atoms with Crippen molar-refractivity contribution < 1.29 is 4.79 Å². The normalized spacial score (nSPS) is 11.2. The first kappa shape index (κ1) is 18.1. The SMILES string of the molecule is CCc1nn(CC(=O)NCCN(CC)CC)c(=O)c2ccccc12. The number of carbonyl (C=O) groups excluding carboxylic acids is 1. The Morgan fingerprint density at radius 3 is 2.46 bits per heavy atom. The van der Waals surface area contributed by atoms with Crippen molar-refractivity contribution in [2.45, 2.75) is 33.7 Å². The number of hydrogen-bond acceptors (Lipinski definition) is 4. The zero-order valence-corrected chi connectivity index (χ0v) is 14.7. The van der Waals surface area contributed by atoms with Gasteiger partial charge < -0.3 is 10.2 Å². The van der Waals surface area contributed by atoms with Gasteiger partial charge in [0.2, 0.25) is 5.91 Å². The van der Waals surface area contributed by atoms with Crippen LogP contribution in [0.2, 0.25) is 0 Å². The fraction of sp³-hybridized carbons (Fsp3) is 0.500. The van der Waals surface area contributed by atoms with E-state index in [0.717, 1.165) is 30.7 Å². The molecule has 0 spiro atoms. The maximum Gasteiger partial charge on any atom is 0.275 e. The number of nitrogens with zero attached hydrogens (tertiary/aromatic N) is 3. The molecule has 2 rings (SSSR count). The molecule has 0 fully saturated rings. The average Bonchev–Trinajstić information content (AvgIpc) is 2.61. The lowest BCUT2D eigenvalue weighted by Crippen LogP contribution is -2.38. The number of aromatic nitrogens is 2. The number of fused-ring (bicyclic) bond motifs is 1. The monoisotopic (exact) mass is 330 g/mol. The molecular formula is C18H26N4O2. The van der Waals surface area contributed by atoms with Crippen molar-refractivity contribution in [3.63, 3.8) is 0 Å². The predicted octanol–water partition coefficient (Wildman–Crippen LogP) is 1.42. The summed E-state index contributed by atoms with van der Waals surface area (Å²) in [7, 11) is 0. The minimum Gasteiger partial charge on any atom is -0.353 e. The minimum absolute atomic E-state index is 0.0467. The maximum absolute atomic E-state index is 12.5. The molecule has 130 valence electrons. The van der Waals surface area contributed by atoms with Crippen LogP contribution >= 0.6 is 0 Å². The smallest absolute Gasteiger partial charge is 0.275 e. The molecule has 0 aliphatic rings. The van der Waals surface area contributed by atoms with Crippen molar-refractivity contribution in [1.29, 1.82) is 0 Å². The maximum atomic E-state index is 12.5. The lowest BCUT2D eigenvalue weighted by Gasteiger charge is -2.18. The van der Waals surface area contributed by atoms with Gasteiger partial charge in [-0.25, -0.2) is 4.68 Å². The number of likely N-dealkylation sites (N-methyl/N-ethyl adjacent to an activating group) is 1. The molecule has 0 atom stereocenters. The Hall–Kier alpha value is -2.21. The number of aryl methyl sites for hydroxylation is 1. The summed E-state index contributed by atoms with van der Waals surface area (Å²) in [5, 5.41) is 8.71. The van der Waals surface area contributed by atoms with Gasteiger partial charge in [-0.2, -0.15) is 5.10 Å². The molecule has 6 nitrogen and oxygen atoms in total. The number of benzene rings is 1. The zero-order chi connectivity index (χ0) is 17.5. The van der Waals surface area contributed by atoms with Gasteiger partial charge in [-0.1, -0.05) is 39.0 Å². The number of hydrogen-bond donors (Lipinski definition) is 1. The van der Waals surface area contributed by atoms with Crippen LogP contribution in [0.1, 0.15) is 26.5 Å². The van der Waals surface area contributed by atoms with Gasteiger partial charge in [0.25, 0.3) is 5.56 Å². The molecule has 0 unspecified atom stereocenters. The van der Waals surface area contributed by atoms with Gasteiger partial charge in [-0.05, 0) is 25.6 Å². The van der Waals surface area contributed by atoms with E-state index in [9.17, 15) is 9.59 Å². The molecular weight excluding hydrogens is 304 g/mol. The van der Waals surface area contributed by atoms with Crippen LogP contribution in [-0.2, 0) is 17.8 Å². The van der Waals surface area contributed by atoms with Crippen LogP contribution in [0.5, 0.6) is 0 Å². The third kappa shape index (κ3) is 4.20. The highest BCUT2D eigenvalue weighted by atomic mass is 16.2. The molecule has 0 saturated heterocycles. The van der Waals surface area contributed by atoms with Crippen LogP contribution in [0.3, 0.4) is 0 Å². The average molecular weight is 330 g/mol. The van der Waals surface area contributed by atoms with Crippen LogP contribution in [0.25, 0.3) is 10.8 Å². The van der Waals surface area contributed by atoms with Crippen molar-refractivity contribution in [2.24, 2.45) is 0 Å². The molecule has 0 saturated carbocycles. The van der Waals surface area contributed by atoms with Gasteiger partial charge in [-0.15, -0.1) is 0 Å². The first-order valence-corrected chi connectivity index (χ1v) is 8.58. The summed E-state index contributed by atoms with van der Waals surface area (Å²) in [4.78, 5) is 26.9. The van der Waals surface area contributed by atoms with Gasteiger partial charge in [-0.3, -0.25) is 9.59 Å². The van der Waals surface area contributed by atoms with E-state index in [2.05, 4.69) is 29.2 Å². The molecule has 2 aromatic rings. The van der Waals surface area contributed by atoms with Gasteiger partial charge in [0, 0.05) is 18.5 Å². The van der Waals surface area contributed by atoms with Crippen LogP contribution in [0, 0.1) is 0 Å². The van der Waals surface area contributed by atoms with E-state index >= 15 is 0 Å². The number of nitrogens with one attached hydrogen (secondary N) is 1. The third-order valence-corrected chi connectivity index (χ3v) is 4.22. The van der Waals surface area contributed by atoms with Crippen LogP contribution in [0.4, 0.5) is 0 Å². The second-order valence-corrected chi connectivity index (χ2v) is 5.69. The van der Waals surface area contributed by atoms with Crippen molar-refractivity contribution in [2.75, 3.05) is 26.2 Å². The Kier molecular flexibility index (Phi) is 6.49. The summed E-state index contributed by atoms with van der Waals surface area (Å²) in [5.74, 6) is -0.186. The van der Waals surface area contributed by atoms with Gasteiger partial charge >= 0.3 is 0 Å². The van der Waals surface area contributed by atoms with Crippen molar-refractivity contribution >= 4 is 16.7 Å². The van der Waals surface area contributed by atoms with Gasteiger partial charge in [0.05, 0.1) is 11.1 Å². The van der Waals surface area contributed by atoms with E-state index in [1.54, 1.807) is 6.07 Å². The molecule has 1 amide bonds. The van der Waals surface area contributed by atoms with E-state index in [0.29, 0.717) is 18.4 Å². The summed E-state index contributed by atoms with van der Waals surface area (Å²) in [5.41, 5.74) is 0.614. The third-order valence-electron chi connectivity index (χ3n) is 4.22. The minimum atomic E-state index is -0.221. The Bertz CT molecular complexity index is 750. The summed E-state index contributed by atoms with van der Waals surface area (Å²) in [6.07, 6.45) is 0.713. The van der Waals surface area contributed by atoms with Crippen LogP contribution in [0.15, 0.2) is 29.1 Å². The van der Waals surface area contributed by atoms with E-state index in [-0.39, 0.29) is 18.0 Å². The second kappa shape index (κ2) is 8.59. The first-order valence-electron chi connectivity index (χ1n) is 8.58. The molecule has 0 aliphatic heterocycles. The molecule has 0 bridgehead atoms. The molecule has 1 heterocycles. The summed E-state index contributed by atoms with van der Waals surface area (Å²) in [6, 6.07) is 7.41. The van der Waals surface area contributed by atoms with E-state index in [1.807, 2.05) is 25.1 Å². The highest BCUT2D eigenvalue weighted by Gasteiger charge is 2.11. The molecule has 0 aliphatic carbocycles. The standard InChI is InChI=1S/C18H26N4O2/c1-4-16-14-9-7-8-10-15(14)18(24)22(20-16)13-17(23)19-11-12-21(5-2)6-3/h7-10H,4-6,11-13H2,1-3H3,(H,19,23). The Labute approximate surface area is 142 Å². The Morgan fingerprint density at radius 1 is 1.17 bits per heavy atom. The van der Waals surface area contributed by atoms with Crippen molar-refractivity contribution in [3.8, 4) is 0 Å². The van der Waals surface area contributed by atoms with Gasteiger partial charge in [0.1, 0.15) is 6.54 Å². The molecule has 1 N–H and O–H groups in total. The summed E-state index contributed by atoms with van der Waals surface area (Å²) < 4.78 is 1.27. The van der Waals surface area contributed by atoms with Crippen LogP contribution < -0.4 is 10.9 Å². The number of rotatable bonds is 8. The Morgan fingerprint density at radius 2 is 1.83 bits per heavy atom. The molecule has 0 radical (unpaired) electrons. The van der Waals surface area contributed by atoms with Crippen molar-refractivity contribution in [3.05, 3.63) is 40.3 Å². The number of amides is 1. The Balaban J connectivity index is 2.11. The summed E-state index contributed by atoms with van der Waals surface area (Å²) >= 11 is 0.